The average molecular weight is 380 g/mol. The second-order valence-electron chi connectivity index (χ2n) is 4.91. The zero-order valence-electron chi connectivity index (χ0n) is 12.6. The number of amides is 1. The maximum atomic E-state index is 12.3. The Morgan fingerprint density at radius 2 is 2.08 bits per heavy atom. The van der Waals surface area contributed by atoms with Crippen LogP contribution in [0.4, 0.5) is 5.69 Å². The molecule has 124 valence electrons. The average Bonchev–Trinajstić information content (AvgIpc) is 3.20. The van der Waals surface area contributed by atoms with Crippen LogP contribution in [-0.2, 0) is 4.79 Å². The standard InChI is InChI=1S/C15H14ClN5OS2/c1-9(14(22)18-11-6-4-10(16)5-7-11)24-15-20-19-13(21(15)17)12-3-2-8-23-12/h2-9H,17H2,1H3,(H,18,22)/t9-/m1/s1. The molecule has 0 spiro atoms. The predicted octanol–water partition coefficient (Wildman–Crippen LogP) is 3.49. The van der Waals surface area contributed by atoms with Gasteiger partial charge in [0.2, 0.25) is 11.1 Å². The van der Waals surface area contributed by atoms with Crippen LogP contribution in [0.25, 0.3) is 10.7 Å². The highest BCUT2D eigenvalue weighted by Gasteiger charge is 2.20. The molecule has 3 aromatic rings. The molecule has 3 rings (SSSR count). The van der Waals surface area contributed by atoms with Crippen molar-refractivity contribution < 1.29 is 4.79 Å². The van der Waals surface area contributed by atoms with Gasteiger partial charge in [-0.1, -0.05) is 29.4 Å². The van der Waals surface area contributed by atoms with Crippen LogP contribution in [0, 0.1) is 0 Å². The van der Waals surface area contributed by atoms with Gasteiger partial charge < -0.3 is 11.2 Å². The number of halogens is 1. The molecule has 0 aliphatic heterocycles. The van der Waals surface area contributed by atoms with Crippen molar-refractivity contribution in [3.05, 3.63) is 46.8 Å². The molecule has 24 heavy (non-hydrogen) atoms. The summed E-state index contributed by atoms with van der Waals surface area (Å²) in [6.45, 7) is 1.79. The fraction of sp³-hybridized carbons (Fsp3) is 0.133. The summed E-state index contributed by atoms with van der Waals surface area (Å²) in [5.74, 6) is 6.47. The number of nitrogens with two attached hydrogens (primary N) is 1. The number of carbonyl (C=O) groups is 1. The molecule has 2 heterocycles. The van der Waals surface area contributed by atoms with Crippen molar-refractivity contribution in [2.75, 3.05) is 11.2 Å². The smallest absolute Gasteiger partial charge is 0.237 e. The number of nitrogens with one attached hydrogen (secondary N) is 1. The maximum Gasteiger partial charge on any atom is 0.237 e. The molecule has 0 bridgehead atoms. The fourth-order valence-electron chi connectivity index (χ4n) is 1.92. The first-order valence-corrected chi connectivity index (χ1v) is 9.16. The second-order valence-corrected chi connectivity index (χ2v) is 7.60. The Kier molecular flexibility index (Phi) is 5.08. The van der Waals surface area contributed by atoms with E-state index in [0.717, 1.165) is 4.88 Å². The SMILES string of the molecule is C[C@@H](Sc1nnc(-c2cccs2)n1N)C(=O)Nc1ccc(Cl)cc1. The van der Waals surface area contributed by atoms with Crippen LogP contribution in [0.3, 0.4) is 0 Å². The largest absolute Gasteiger partial charge is 0.335 e. The van der Waals surface area contributed by atoms with Crippen molar-refractivity contribution in [3.8, 4) is 10.7 Å². The highest BCUT2D eigenvalue weighted by molar-refractivity contribution is 8.00. The van der Waals surface area contributed by atoms with Gasteiger partial charge in [-0.2, -0.15) is 0 Å². The van der Waals surface area contributed by atoms with E-state index in [1.54, 1.807) is 31.2 Å². The number of anilines is 1. The predicted molar refractivity (Wildman–Crippen MR) is 98.9 cm³/mol. The van der Waals surface area contributed by atoms with E-state index in [2.05, 4.69) is 15.5 Å². The number of carbonyl (C=O) groups excluding carboxylic acids is 1. The van der Waals surface area contributed by atoms with Crippen molar-refractivity contribution in [2.24, 2.45) is 0 Å². The molecular formula is C15H14ClN5OS2. The van der Waals surface area contributed by atoms with E-state index < -0.39 is 0 Å². The summed E-state index contributed by atoms with van der Waals surface area (Å²) in [5.41, 5.74) is 0.685. The minimum atomic E-state index is -0.386. The molecule has 0 saturated heterocycles. The first-order chi connectivity index (χ1) is 11.5. The molecule has 0 fully saturated rings. The number of nitrogen functional groups attached to an aromatic ring is 1. The molecule has 1 atom stereocenters. The van der Waals surface area contributed by atoms with Gasteiger partial charge in [-0.15, -0.1) is 21.5 Å². The lowest BCUT2D eigenvalue weighted by atomic mass is 10.3. The third kappa shape index (κ3) is 3.72. The molecule has 0 saturated carbocycles. The number of aromatic nitrogens is 3. The number of rotatable bonds is 5. The van der Waals surface area contributed by atoms with Crippen LogP contribution in [0.1, 0.15) is 6.92 Å². The second kappa shape index (κ2) is 7.25. The van der Waals surface area contributed by atoms with Gasteiger partial charge in [0.1, 0.15) is 0 Å². The molecule has 1 amide bonds. The highest BCUT2D eigenvalue weighted by atomic mass is 35.5. The highest BCUT2D eigenvalue weighted by Crippen LogP contribution is 2.27. The third-order valence-electron chi connectivity index (χ3n) is 3.17. The van der Waals surface area contributed by atoms with Crippen molar-refractivity contribution >= 4 is 46.3 Å². The molecule has 0 aliphatic carbocycles. The molecule has 0 radical (unpaired) electrons. The Morgan fingerprint density at radius 3 is 2.75 bits per heavy atom. The number of thioether (sulfide) groups is 1. The Hall–Kier alpha value is -2.03. The third-order valence-corrected chi connectivity index (χ3v) is 5.34. The summed E-state index contributed by atoms with van der Waals surface area (Å²) in [4.78, 5) is 13.2. The normalized spacial score (nSPS) is 12.1. The Morgan fingerprint density at radius 1 is 1.33 bits per heavy atom. The lowest BCUT2D eigenvalue weighted by molar-refractivity contribution is -0.115. The van der Waals surface area contributed by atoms with Crippen LogP contribution < -0.4 is 11.2 Å². The van der Waals surface area contributed by atoms with Crippen LogP contribution in [0.2, 0.25) is 5.02 Å². The first kappa shape index (κ1) is 16.8. The van der Waals surface area contributed by atoms with Gasteiger partial charge in [0.05, 0.1) is 10.1 Å². The van der Waals surface area contributed by atoms with E-state index in [9.17, 15) is 4.79 Å². The van der Waals surface area contributed by atoms with E-state index in [1.807, 2.05) is 17.5 Å². The Balaban J connectivity index is 1.67. The minimum Gasteiger partial charge on any atom is -0.335 e. The molecule has 3 N–H and O–H groups in total. The lowest BCUT2D eigenvalue weighted by Crippen LogP contribution is -2.23. The zero-order chi connectivity index (χ0) is 17.1. The summed E-state index contributed by atoms with van der Waals surface area (Å²) in [6.07, 6.45) is 0. The van der Waals surface area contributed by atoms with Gasteiger partial charge in [-0.3, -0.25) is 4.79 Å². The molecule has 6 nitrogen and oxygen atoms in total. The lowest BCUT2D eigenvalue weighted by Gasteiger charge is -2.11. The molecule has 0 unspecified atom stereocenters. The van der Waals surface area contributed by atoms with E-state index in [4.69, 9.17) is 17.4 Å². The van der Waals surface area contributed by atoms with E-state index in [0.29, 0.717) is 21.7 Å². The quantitative estimate of drug-likeness (QED) is 0.523. The first-order valence-electron chi connectivity index (χ1n) is 7.02. The fourth-order valence-corrected chi connectivity index (χ4v) is 3.52. The minimum absolute atomic E-state index is 0.150. The topological polar surface area (TPSA) is 85.8 Å². The maximum absolute atomic E-state index is 12.3. The van der Waals surface area contributed by atoms with Crippen molar-refractivity contribution in [3.63, 3.8) is 0 Å². The molecule has 2 aromatic heterocycles. The number of nitrogens with zero attached hydrogens (tertiary/aromatic N) is 3. The van der Waals surface area contributed by atoms with Crippen LogP contribution in [0.15, 0.2) is 46.9 Å². The van der Waals surface area contributed by atoms with E-state index in [1.165, 1.54) is 27.8 Å². The van der Waals surface area contributed by atoms with Gasteiger partial charge in [-0.05, 0) is 42.6 Å². The van der Waals surface area contributed by atoms with Gasteiger partial charge in [0.25, 0.3) is 0 Å². The Bertz CT molecular complexity index is 832. The summed E-state index contributed by atoms with van der Waals surface area (Å²) in [6, 6.07) is 10.8. The van der Waals surface area contributed by atoms with E-state index in [-0.39, 0.29) is 11.2 Å². The summed E-state index contributed by atoms with van der Waals surface area (Å²) < 4.78 is 1.41. The van der Waals surface area contributed by atoms with Crippen LogP contribution in [-0.4, -0.2) is 26.0 Å². The van der Waals surface area contributed by atoms with Crippen molar-refractivity contribution in [1.82, 2.24) is 14.9 Å². The van der Waals surface area contributed by atoms with Gasteiger partial charge in [0, 0.05) is 10.7 Å². The van der Waals surface area contributed by atoms with E-state index >= 15 is 0 Å². The number of thiophene rings is 1. The van der Waals surface area contributed by atoms with Crippen molar-refractivity contribution in [2.45, 2.75) is 17.3 Å². The van der Waals surface area contributed by atoms with Crippen LogP contribution in [0.5, 0.6) is 0 Å². The summed E-state index contributed by atoms with van der Waals surface area (Å²) in [5, 5.41) is 13.7. The molecular weight excluding hydrogens is 366 g/mol. The number of hydrogen-bond donors (Lipinski definition) is 2. The number of hydrogen-bond acceptors (Lipinski definition) is 6. The summed E-state index contributed by atoms with van der Waals surface area (Å²) in [7, 11) is 0. The monoisotopic (exact) mass is 379 g/mol. The van der Waals surface area contributed by atoms with Crippen LogP contribution >= 0.6 is 34.7 Å². The molecule has 1 aromatic carbocycles. The summed E-state index contributed by atoms with van der Waals surface area (Å²) >= 11 is 8.61. The molecule has 0 aliphatic rings. The number of benzene rings is 1. The van der Waals surface area contributed by atoms with Gasteiger partial charge in [0.15, 0.2) is 5.82 Å². The van der Waals surface area contributed by atoms with Gasteiger partial charge in [-0.25, -0.2) is 4.68 Å². The molecule has 9 heteroatoms. The Labute approximate surface area is 152 Å². The zero-order valence-corrected chi connectivity index (χ0v) is 15.0. The van der Waals surface area contributed by atoms with Crippen molar-refractivity contribution in [1.29, 1.82) is 0 Å². The van der Waals surface area contributed by atoms with Gasteiger partial charge >= 0.3 is 0 Å².